The van der Waals surface area contributed by atoms with Crippen molar-refractivity contribution in [3.63, 3.8) is 0 Å². The van der Waals surface area contributed by atoms with E-state index in [-0.39, 0.29) is 23.9 Å². The highest BCUT2D eigenvalue weighted by Crippen LogP contribution is 2.19. The monoisotopic (exact) mass is 359 g/mol. The van der Waals surface area contributed by atoms with Crippen LogP contribution >= 0.6 is 0 Å². The lowest BCUT2D eigenvalue weighted by Gasteiger charge is -2.31. The summed E-state index contributed by atoms with van der Waals surface area (Å²) in [6.45, 7) is 3.30. The van der Waals surface area contributed by atoms with Crippen molar-refractivity contribution in [1.29, 1.82) is 0 Å². The van der Waals surface area contributed by atoms with Gasteiger partial charge in [0.2, 0.25) is 0 Å². The first kappa shape index (κ1) is 18.2. The van der Waals surface area contributed by atoms with E-state index in [0.717, 1.165) is 12.8 Å². The van der Waals surface area contributed by atoms with Crippen LogP contribution in [0.25, 0.3) is 0 Å². The van der Waals surface area contributed by atoms with Crippen molar-refractivity contribution in [2.24, 2.45) is 0 Å². The Bertz CT molecular complexity index is 662. The number of nitrogens with zero attached hydrogens (tertiary/aromatic N) is 1. The van der Waals surface area contributed by atoms with E-state index < -0.39 is 0 Å². The lowest BCUT2D eigenvalue weighted by Crippen LogP contribution is -2.46. The zero-order valence-corrected chi connectivity index (χ0v) is 15.0. The van der Waals surface area contributed by atoms with Gasteiger partial charge in [0.15, 0.2) is 0 Å². The van der Waals surface area contributed by atoms with E-state index in [1.165, 1.54) is 0 Å². The van der Waals surface area contributed by atoms with Gasteiger partial charge in [-0.2, -0.15) is 0 Å². The minimum atomic E-state index is -0.294. The molecule has 7 nitrogen and oxygen atoms in total. The number of nitrogens with one attached hydrogen (secondary N) is 2. The minimum absolute atomic E-state index is 0.0334. The number of hydrogen-bond donors (Lipinski definition) is 2. The number of carbonyl (C=O) groups is 3. The molecule has 0 bridgehead atoms. The lowest BCUT2D eigenvalue weighted by atomic mass is 10.0. The van der Waals surface area contributed by atoms with Crippen molar-refractivity contribution in [2.75, 3.05) is 19.7 Å². The van der Waals surface area contributed by atoms with Gasteiger partial charge < -0.3 is 20.3 Å². The molecule has 3 rings (SSSR count). The van der Waals surface area contributed by atoms with Crippen LogP contribution in [0.5, 0.6) is 0 Å². The van der Waals surface area contributed by atoms with Crippen molar-refractivity contribution in [3.05, 3.63) is 35.4 Å². The Morgan fingerprint density at radius 3 is 1.81 bits per heavy atom. The maximum atomic E-state index is 12.4. The predicted molar refractivity (Wildman–Crippen MR) is 96.0 cm³/mol. The molecule has 3 amide bonds. The quantitative estimate of drug-likeness (QED) is 0.841. The summed E-state index contributed by atoms with van der Waals surface area (Å²) in [6, 6.07) is 7.04. The number of piperidine rings is 1. The Hall–Kier alpha value is -2.57. The Labute approximate surface area is 153 Å². The average Bonchev–Trinajstić information content (AvgIpc) is 3.46. The van der Waals surface area contributed by atoms with Gasteiger partial charge in [-0.3, -0.25) is 9.59 Å². The fraction of sp³-hybridized carbons (Fsp3) is 0.526. The van der Waals surface area contributed by atoms with Crippen LogP contribution in [0.4, 0.5) is 4.79 Å². The predicted octanol–water partition coefficient (Wildman–Crippen LogP) is 1.93. The van der Waals surface area contributed by atoms with Crippen molar-refractivity contribution in [2.45, 2.75) is 44.7 Å². The largest absolute Gasteiger partial charge is 0.450 e. The molecule has 0 radical (unpaired) electrons. The summed E-state index contributed by atoms with van der Waals surface area (Å²) in [7, 11) is 0. The van der Waals surface area contributed by atoms with Gasteiger partial charge in [-0.05, 0) is 56.9 Å². The Morgan fingerprint density at radius 1 is 0.923 bits per heavy atom. The van der Waals surface area contributed by atoms with Crippen LogP contribution in [0.15, 0.2) is 24.3 Å². The maximum Gasteiger partial charge on any atom is 0.409 e. The first-order valence-corrected chi connectivity index (χ1v) is 9.20. The summed E-state index contributed by atoms with van der Waals surface area (Å²) in [5.74, 6) is -0.250. The number of rotatable bonds is 5. The van der Waals surface area contributed by atoms with E-state index in [4.69, 9.17) is 4.74 Å². The van der Waals surface area contributed by atoms with E-state index in [0.29, 0.717) is 49.7 Å². The van der Waals surface area contributed by atoms with Crippen molar-refractivity contribution < 1.29 is 19.1 Å². The molecule has 2 aliphatic rings. The number of hydrogen-bond acceptors (Lipinski definition) is 4. The van der Waals surface area contributed by atoms with Crippen LogP contribution in [0.3, 0.4) is 0 Å². The van der Waals surface area contributed by atoms with Crippen LogP contribution in [-0.4, -0.2) is 54.6 Å². The third-order valence-electron chi connectivity index (χ3n) is 4.68. The molecule has 7 heteroatoms. The van der Waals surface area contributed by atoms with E-state index in [1.807, 2.05) is 0 Å². The van der Waals surface area contributed by atoms with Gasteiger partial charge in [0.25, 0.3) is 11.8 Å². The fourth-order valence-electron chi connectivity index (χ4n) is 2.96. The number of carbonyl (C=O) groups excluding carboxylic acids is 3. The van der Waals surface area contributed by atoms with Crippen molar-refractivity contribution in [1.82, 2.24) is 15.5 Å². The van der Waals surface area contributed by atoms with Gasteiger partial charge >= 0.3 is 6.09 Å². The van der Waals surface area contributed by atoms with E-state index in [1.54, 1.807) is 36.1 Å². The maximum absolute atomic E-state index is 12.4. The second-order valence-electron chi connectivity index (χ2n) is 6.76. The molecule has 1 aliphatic carbocycles. The van der Waals surface area contributed by atoms with Crippen molar-refractivity contribution in [3.8, 4) is 0 Å². The second kappa shape index (κ2) is 8.21. The van der Waals surface area contributed by atoms with Crippen LogP contribution in [0.1, 0.15) is 53.3 Å². The summed E-state index contributed by atoms with van der Waals surface area (Å²) in [5, 5.41) is 5.92. The van der Waals surface area contributed by atoms with Crippen LogP contribution in [-0.2, 0) is 4.74 Å². The topological polar surface area (TPSA) is 87.7 Å². The molecule has 1 aliphatic heterocycles. The highest BCUT2D eigenvalue weighted by molar-refractivity contribution is 5.98. The van der Waals surface area contributed by atoms with E-state index in [2.05, 4.69) is 10.6 Å². The van der Waals surface area contributed by atoms with Crippen LogP contribution in [0, 0.1) is 0 Å². The highest BCUT2D eigenvalue weighted by Gasteiger charge is 2.25. The molecule has 1 saturated heterocycles. The Kier molecular flexibility index (Phi) is 5.75. The zero-order chi connectivity index (χ0) is 18.5. The molecular weight excluding hydrogens is 334 g/mol. The van der Waals surface area contributed by atoms with E-state index >= 15 is 0 Å². The van der Waals surface area contributed by atoms with Gasteiger partial charge in [0.05, 0.1) is 6.61 Å². The fourth-order valence-corrected chi connectivity index (χ4v) is 2.96. The smallest absolute Gasteiger partial charge is 0.409 e. The molecule has 1 aromatic rings. The number of likely N-dealkylation sites (tertiary alicyclic amines) is 1. The molecule has 1 saturated carbocycles. The SMILES string of the molecule is CCOC(=O)N1CCC(NC(=O)c2ccc(C(=O)NC3CC3)cc2)CC1. The molecule has 0 spiro atoms. The Balaban J connectivity index is 1.47. The molecule has 2 fully saturated rings. The first-order valence-electron chi connectivity index (χ1n) is 9.20. The van der Waals surface area contributed by atoms with E-state index in [9.17, 15) is 14.4 Å². The second-order valence-corrected chi connectivity index (χ2v) is 6.76. The normalized spacial score (nSPS) is 17.5. The minimum Gasteiger partial charge on any atom is -0.450 e. The number of amides is 3. The summed E-state index contributed by atoms with van der Waals surface area (Å²) >= 11 is 0. The number of benzene rings is 1. The van der Waals surface area contributed by atoms with Crippen LogP contribution < -0.4 is 10.6 Å². The summed E-state index contributed by atoms with van der Waals surface area (Å²) in [5.41, 5.74) is 1.09. The summed E-state index contributed by atoms with van der Waals surface area (Å²) in [6.07, 6.45) is 3.19. The van der Waals surface area contributed by atoms with Crippen LogP contribution in [0.2, 0.25) is 0 Å². The van der Waals surface area contributed by atoms with Crippen molar-refractivity contribution >= 4 is 17.9 Å². The third kappa shape index (κ3) is 4.74. The molecule has 2 N–H and O–H groups in total. The third-order valence-corrected chi connectivity index (χ3v) is 4.68. The molecular formula is C19H25N3O4. The van der Waals surface area contributed by atoms with Gasteiger partial charge in [-0.25, -0.2) is 4.79 Å². The average molecular weight is 359 g/mol. The van der Waals surface area contributed by atoms with Gasteiger partial charge in [-0.1, -0.05) is 0 Å². The standard InChI is InChI=1S/C19H25N3O4/c1-2-26-19(25)22-11-9-16(10-12-22)21-18(24)14-5-3-13(4-6-14)17(23)20-15-7-8-15/h3-6,15-16H,2,7-12H2,1H3,(H,20,23)(H,21,24). The van der Waals surface area contributed by atoms with Gasteiger partial charge in [0, 0.05) is 36.3 Å². The molecule has 26 heavy (non-hydrogen) atoms. The summed E-state index contributed by atoms with van der Waals surface area (Å²) in [4.78, 5) is 37.7. The molecule has 140 valence electrons. The molecule has 0 unspecified atom stereocenters. The highest BCUT2D eigenvalue weighted by atomic mass is 16.6. The zero-order valence-electron chi connectivity index (χ0n) is 15.0. The molecule has 1 heterocycles. The lowest BCUT2D eigenvalue weighted by molar-refractivity contribution is 0.0858. The Morgan fingerprint density at radius 2 is 1.38 bits per heavy atom. The van der Waals surface area contributed by atoms with Gasteiger partial charge in [-0.15, -0.1) is 0 Å². The molecule has 0 atom stereocenters. The summed E-state index contributed by atoms with van der Waals surface area (Å²) < 4.78 is 4.99. The van der Waals surface area contributed by atoms with Gasteiger partial charge in [0.1, 0.15) is 0 Å². The molecule has 1 aromatic carbocycles. The number of ether oxygens (including phenoxy) is 1. The molecule has 0 aromatic heterocycles. The first-order chi connectivity index (χ1) is 12.6.